The molecular formula is C21H25FN2O2. The molecule has 0 aliphatic carbocycles. The summed E-state index contributed by atoms with van der Waals surface area (Å²) in [6.45, 7) is 3.21. The normalized spacial score (nSPS) is 17.4. The van der Waals surface area contributed by atoms with Crippen LogP contribution in [0.2, 0.25) is 0 Å². The molecule has 1 atom stereocenters. The zero-order valence-corrected chi connectivity index (χ0v) is 15.3. The van der Waals surface area contributed by atoms with E-state index in [-0.39, 0.29) is 5.82 Å². The summed E-state index contributed by atoms with van der Waals surface area (Å²) < 4.78 is 14.0. The minimum atomic E-state index is -0.981. The van der Waals surface area contributed by atoms with Gasteiger partial charge in [0, 0.05) is 18.2 Å². The van der Waals surface area contributed by atoms with E-state index in [0.29, 0.717) is 29.4 Å². The molecule has 26 heavy (non-hydrogen) atoms. The minimum Gasteiger partial charge on any atom is -0.465 e. The predicted octanol–water partition coefficient (Wildman–Crippen LogP) is 4.77. The van der Waals surface area contributed by atoms with Gasteiger partial charge in [-0.25, -0.2) is 9.18 Å². The number of benzene rings is 2. The van der Waals surface area contributed by atoms with Crippen LogP contribution in [0, 0.1) is 12.7 Å². The van der Waals surface area contributed by atoms with Crippen LogP contribution in [0.15, 0.2) is 42.5 Å². The molecule has 0 aromatic heterocycles. The second-order valence-corrected chi connectivity index (χ2v) is 6.98. The molecule has 0 radical (unpaired) electrons. The number of carbonyl (C=O) groups is 1. The smallest absolute Gasteiger partial charge is 0.411 e. The van der Waals surface area contributed by atoms with Crippen LogP contribution in [0.1, 0.15) is 24.8 Å². The largest absolute Gasteiger partial charge is 0.465 e. The molecule has 1 heterocycles. The Morgan fingerprint density at radius 2 is 2.08 bits per heavy atom. The Morgan fingerprint density at radius 1 is 1.31 bits per heavy atom. The van der Waals surface area contributed by atoms with Gasteiger partial charge in [0.15, 0.2) is 0 Å². The molecule has 4 nitrogen and oxygen atoms in total. The first-order chi connectivity index (χ1) is 12.5. The quantitative estimate of drug-likeness (QED) is 0.839. The van der Waals surface area contributed by atoms with Crippen LogP contribution in [0.5, 0.6) is 0 Å². The van der Waals surface area contributed by atoms with E-state index in [1.807, 2.05) is 24.3 Å². The second-order valence-electron chi connectivity index (χ2n) is 6.98. The zero-order valence-electron chi connectivity index (χ0n) is 15.3. The van der Waals surface area contributed by atoms with Gasteiger partial charge < -0.3 is 10.0 Å². The lowest BCUT2D eigenvalue weighted by molar-refractivity contribution is 0.200. The van der Waals surface area contributed by atoms with Crippen molar-refractivity contribution in [2.45, 2.75) is 32.2 Å². The maximum Gasteiger partial charge on any atom is 0.411 e. The van der Waals surface area contributed by atoms with Gasteiger partial charge in [-0.2, -0.15) is 0 Å². The van der Waals surface area contributed by atoms with Gasteiger partial charge in [0.2, 0.25) is 0 Å². The molecule has 2 aromatic rings. The van der Waals surface area contributed by atoms with E-state index >= 15 is 0 Å². The Bertz CT molecular complexity index is 793. The van der Waals surface area contributed by atoms with Crippen LogP contribution in [-0.4, -0.2) is 42.3 Å². The number of anilines is 1. The fourth-order valence-electron chi connectivity index (χ4n) is 3.65. The predicted molar refractivity (Wildman–Crippen MR) is 102 cm³/mol. The van der Waals surface area contributed by atoms with E-state index in [2.05, 4.69) is 11.9 Å². The summed E-state index contributed by atoms with van der Waals surface area (Å²) in [7, 11) is 2.09. The van der Waals surface area contributed by atoms with Crippen LogP contribution in [0.4, 0.5) is 14.9 Å². The number of amides is 1. The fraction of sp³-hybridized carbons (Fsp3) is 0.381. The second kappa shape index (κ2) is 7.87. The van der Waals surface area contributed by atoms with Crippen molar-refractivity contribution in [2.75, 3.05) is 25.0 Å². The number of hydrogen-bond donors (Lipinski definition) is 1. The van der Waals surface area contributed by atoms with Crippen molar-refractivity contribution in [3.8, 4) is 11.1 Å². The van der Waals surface area contributed by atoms with E-state index in [9.17, 15) is 14.3 Å². The van der Waals surface area contributed by atoms with Crippen molar-refractivity contribution in [2.24, 2.45) is 0 Å². The lowest BCUT2D eigenvalue weighted by Crippen LogP contribution is -2.35. The molecule has 1 aliphatic rings. The summed E-state index contributed by atoms with van der Waals surface area (Å²) >= 11 is 0. The summed E-state index contributed by atoms with van der Waals surface area (Å²) in [5.74, 6) is -0.285. The third kappa shape index (κ3) is 3.88. The van der Waals surface area contributed by atoms with E-state index < -0.39 is 6.09 Å². The van der Waals surface area contributed by atoms with Crippen LogP contribution < -0.4 is 4.90 Å². The number of carboxylic acid groups (broad SMARTS) is 1. The van der Waals surface area contributed by atoms with Crippen molar-refractivity contribution in [1.82, 2.24) is 4.90 Å². The van der Waals surface area contributed by atoms with Crippen molar-refractivity contribution < 1.29 is 14.3 Å². The third-order valence-corrected chi connectivity index (χ3v) is 5.27. The Morgan fingerprint density at radius 3 is 2.73 bits per heavy atom. The first kappa shape index (κ1) is 18.4. The van der Waals surface area contributed by atoms with Crippen LogP contribution >= 0.6 is 0 Å². The highest BCUT2D eigenvalue weighted by atomic mass is 19.1. The summed E-state index contributed by atoms with van der Waals surface area (Å²) in [5.41, 5.74) is 2.59. The van der Waals surface area contributed by atoms with E-state index in [0.717, 1.165) is 31.4 Å². The molecule has 1 fully saturated rings. The molecule has 3 rings (SSSR count). The number of aryl methyl sites for hydroxylation is 1. The topological polar surface area (TPSA) is 43.8 Å². The number of rotatable bonds is 5. The molecule has 138 valence electrons. The average Bonchev–Trinajstić information content (AvgIpc) is 3.03. The van der Waals surface area contributed by atoms with Gasteiger partial charge in [-0.15, -0.1) is 0 Å². The first-order valence-corrected chi connectivity index (χ1v) is 9.03. The molecule has 0 spiro atoms. The van der Waals surface area contributed by atoms with Crippen molar-refractivity contribution in [1.29, 1.82) is 0 Å². The number of hydrogen-bond acceptors (Lipinski definition) is 2. The van der Waals surface area contributed by atoms with E-state index in [4.69, 9.17) is 0 Å². The van der Waals surface area contributed by atoms with Gasteiger partial charge >= 0.3 is 6.09 Å². The van der Waals surface area contributed by atoms with E-state index in [1.165, 1.54) is 11.0 Å². The minimum absolute atomic E-state index is 0.285. The number of likely N-dealkylation sites (tertiary alicyclic amines) is 1. The number of para-hydroxylation sites is 1. The van der Waals surface area contributed by atoms with Gasteiger partial charge in [-0.05, 0) is 63.0 Å². The number of nitrogens with zero attached hydrogens (tertiary/aromatic N) is 2. The average molecular weight is 356 g/mol. The Kier molecular flexibility index (Phi) is 5.57. The summed E-state index contributed by atoms with van der Waals surface area (Å²) in [6, 6.07) is 12.8. The van der Waals surface area contributed by atoms with Gasteiger partial charge in [0.25, 0.3) is 0 Å². The third-order valence-electron chi connectivity index (χ3n) is 5.27. The summed E-state index contributed by atoms with van der Waals surface area (Å²) in [5, 5.41) is 9.77. The monoisotopic (exact) mass is 356 g/mol. The summed E-state index contributed by atoms with van der Waals surface area (Å²) in [6.07, 6.45) is 2.08. The molecule has 1 N–H and O–H groups in total. The molecular weight excluding hydrogens is 331 g/mol. The van der Waals surface area contributed by atoms with Gasteiger partial charge in [-0.3, -0.25) is 4.90 Å². The molecule has 1 unspecified atom stereocenters. The highest BCUT2D eigenvalue weighted by Gasteiger charge is 2.24. The first-order valence-electron chi connectivity index (χ1n) is 9.03. The molecule has 0 saturated carbocycles. The molecule has 5 heteroatoms. The van der Waals surface area contributed by atoms with Crippen molar-refractivity contribution in [3.05, 3.63) is 53.8 Å². The molecule has 0 bridgehead atoms. The Labute approximate surface area is 153 Å². The Hall–Kier alpha value is -2.40. The highest BCUT2D eigenvalue weighted by Crippen LogP contribution is 2.32. The molecule has 1 aliphatic heterocycles. The maximum absolute atomic E-state index is 14.0. The standard InChI is InChI=1S/C21H25FN2O2/c1-15-9-10-16(14-19(15)22)18-7-3-4-8-20(18)24(21(25)26)13-11-17-6-5-12-23(17)2/h3-4,7-10,14,17H,5-6,11-13H2,1-2H3,(H,25,26). The van der Waals surface area contributed by atoms with Crippen LogP contribution in [-0.2, 0) is 0 Å². The van der Waals surface area contributed by atoms with Gasteiger partial charge in [-0.1, -0.05) is 30.3 Å². The van der Waals surface area contributed by atoms with Gasteiger partial charge in [0.1, 0.15) is 5.82 Å². The molecule has 2 aromatic carbocycles. The maximum atomic E-state index is 14.0. The highest BCUT2D eigenvalue weighted by molar-refractivity contribution is 5.92. The van der Waals surface area contributed by atoms with Crippen LogP contribution in [0.25, 0.3) is 11.1 Å². The fourth-order valence-corrected chi connectivity index (χ4v) is 3.65. The molecule has 1 saturated heterocycles. The van der Waals surface area contributed by atoms with E-state index in [1.54, 1.807) is 19.1 Å². The lowest BCUT2D eigenvalue weighted by Gasteiger charge is -2.26. The Balaban J connectivity index is 1.89. The van der Waals surface area contributed by atoms with Crippen molar-refractivity contribution >= 4 is 11.8 Å². The number of halogens is 1. The van der Waals surface area contributed by atoms with Gasteiger partial charge in [0.05, 0.1) is 5.69 Å². The van der Waals surface area contributed by atoms with Crippen molar-refractivity contribution in [3.63, 3.8) is 0 Å². The van der Waals surface area contributed by atoms with Crippen LogP contribution in [0.3, 0.4) is 0 Å². The summed E-state index contributed by atoms with van der Waals surface area (Å²) in [4.78, 5) is 15.6. The lowest BCUT2D eigenvalue weighted by atomic mass is 10.0. The molecule has 1 amide bonds. The zero-order chi connectivity index (χ0) is 18.7. The SMILES string of the molecule is Cc1ccc(-c2ccccc2N(CCC2CCCN2C)C(=O)O)cc1F.